The van der Waals surface area contributed by atoms with Crippen molar-refractivity contribution in [3.8, 4) is 11.5 Å². The van der Waals surface area contributed by atoms with Gasteiger partial charge < -0.3 is 14.6 Å². The van der Waals surface area contributed by atoms with E-state index in [4.69, 9.17) is 21.7 Å². The molecule has 0 bridgehead atoms. The molecule has 1 aliphatic rings. The molecular weight excluding hydrogens is 432 g/mol. The zero-order valence-electron chi connectivity index (χ0n) is 18.0. The first-order chi connectivity index (χ1) is 15.1. The van der Waals surface area contributed by atoms with Crippen LogP contribution in [-0.2, 0) is 14.4 Å². The van der Waals surface area contributed by atoms with Gasteiger partial charge in [-0.15, -0.1) is 0 Å². The van der Waals surface area contributed by atoms with Crippen molar-refractivity contribution in [2.75, 3.05) is 12.0 Å². The summed E-state index contributed by atoms with van der Waals surface area (Å²) in [6.45, 7) is 5.23. The molecule has 1 aliphatic heterocycles. The number of ether oxygens (including phenoxy) is 2. The Morgan fingerprint density at radius 3 is 2.53 bits per heavy atom. The van der Waals surface area contributed by atoms with Crippen molar-refractivity contribution in [1.29, 1.82) is 0 Å². The van der Waals surface area contributed by atoms with E-state index in [2.05, 4.69) is 5.32 Å². The Morgan fingerprint density at radius 2 is 1.91 bits per heavy atom. The molecular formula is C23H22N2O6S. The first-order valence-electron chi connectivity index (χ1n) is 9.69. The lowest BCUT2D eigenvalue weighted by Crippen LogP contribution is -2.54. The van der Waals surface area contributed by atoms with E-state index < -0.39 is 23.9 Å². The molecule has 0 aliphatic carbocycles. The third-order valence-electron chi connectivity index (χ3n) is 5.02. The van der Waals surface area contributed by atoms with E-state index in [9.17, 15) is 19.5 Å². The zero-order chi connectivity index (χ0) is 23.6. The van der Waals surface area contributed by atoms with Crippen LogP contribution in [0.4, 0.5) is 5.69 Å². The van der Waals surface area contributed by atoms with Gasteiger partial charge in [-0.25, -0.2) is 4.79 Å². The molecule has 9 heteroatoms. The second-order valence-electron chi connectivity index (χ2n) is 7.20. The van der Waals surface area contributed by atoms with Crippen molar-refractivity contribution < 1.29 is 29.0 Å². The van der Waals surface area contributed by atoms with Crippen molar-refractivity contribution in [3.05, 3.63) is 58.7 Å². The molecule has 2 aromatic rings. The molecule has 1 atom stereocenters. The largest absolute Gasteiger partial charge is 0.493 e. The number of carboxylic acid groups (broad SMARTS) is 1. The molecule has 0 radical (unpaired) electrons. The Morgan fingerprint density at radius 1 is 1.19 bits per heavy atom. The van der Waals surface area contributed by atoms with Gasteiger partial charge in [0.25, 0.3) is 11.8 Å². The number of nitrogens with zero attached hydrogens (tertiary/aromatic N) is 1. The number of carbonyl (C=O) groups excluding carboxylic acids is 2. The fraction of sp³-hybridized carbons (Fsp3) is 0.217. The molecule has 8 nitrogen and oxygen atoms in total. The van der Waals surface area contributed by atoms with E-state index in [1.165, 1.54) is 25.0 Å². The maximum absolute atomic E-state index is 13.3. The van der Waals surface area contributed by atoms with Gasteiger partial charge in [0.1, 0.15) is 5.57 Å². The zero-order valence-corrected chi connectivity index (χ0v) is 18.8. The number of nitrogens with one attached hydrogen (secondary N) is 1. The van der Waals surface area contributed by atoms with Gasteiger partial charge in [-0.2, -0.15) is 0 Å². The molecule has 1 saturated heterocycles. The molecule has 0 saturated carbocycles. The highest BCUT2D eigenvalue weighted by Gasteiger charge is 2.35. The van der Waals surface area contributed by atoms with E-state index in [-0.39, 0.29) is 22.2 Å². The first kappa shape index (κ1) is 23.0. The predicted octanol–water partition coefficient (Wildman–Crippen LogP) is 3.00. The third kappa shape index (κ3) is 4.47. The van der Waals surface area contributed by atoms with Gasteiger partial charge in [0.05, 0.1) is 12.8 Å². The molecule has 2 aromatic carbocycles. The smallest absolute Gasteiger partial charge is 0.344 e. The van der Waals surface area contributed by atoms with Crippen molar-refractivity contribution >= 4 is 46.9 Å². The number of hydrogen-bond donors (Lipinski definition) is 2. The second-order valence-corrected chi connectivity index (χ2v) is 7.59. The molecule has 3 rings (SSSR count). The van der Waals surface area contributed by atoms with Crippen LogP contribution in [0.1, 0.15) is 23.6 Å². The molecule has 1 heterocycles. The second kappa shape index (κ2) is 9.19. The number of anilines is 1. The van der Waals surface area contributed by atoms with Gasteiger partial charge in [-0.1, -0.05) is 18.2 Å². The SMILES string of the molecule is COc1cccc(/C=C2\C(=O)NC(=S)N(c3ccc(C)c(C)c3)C2=O)c1O[C@@H](C)C(=O)O. The van der Waals surface area contributed by atoms with E-state index in [0.717, 1.165) is 11.1 Å². The highest BCUT2D eigenvalue weighted by Crippen LogP contribution is 2.34. The summed E-state index contributed by atoms with van der Waals surface area (Å²) >= 11 is 5.24. The Balaban J connectivity index is 2.08. The van der Waals surface area contributed by atoms with Crippen molar-refractivity contribution in [3.63, 3.8) is 0 Å². The normalized spacial score (nSPS) is 16.1. The number of thiocarbonyl (C=S) groups is 1. The Bertz CT molecular complexity index is 1160. The summed E-state index contributed by atoms with van der Waals surface area (Å²) in [4.78, 5) is 38.4. The van der Waals surface area contributed by atoms with Crippen LogP contribution in [0.5, 0.6) is 11.5 Å². The molecule has 166 valence electrons. The van der Waals surface area contributed by atoms with Gasteiger partial charge in [0.15, 0.2) is 22.7 Å². The Hall–Kier alpha value is -3.72. The minimum absolute atomic E-state index is 0.0259. The highest BCUT2D eigenvalue weighted by molar-refractivity contribution is 7.80. The van der Waals surface area contributed by atoms with E-state index in [0.29, 0.717) is 11.3 Å². The maximum atomic E-state index is 13.3. The van der Waals surface area contributed by atoms with Crippen LogP contribution < -0.4 is 19.7 Å². The summed E-state index contributed by atoms with van der Waals surface area (Å²) in [6.07, 6.45) is 0.152. The standard InChI is InChI=1S/C23H22N2O6S/c1-12-8-9-16(10-13(12)2)25-21(27)17(20(26)24-23(25)32)11-15-6-5-7-18(30-4)19(15)31-14(3)22(28)29/h5-11,14H,1-4H3,(H,28,29)(H,24,26,32)/b17-11+/t14-/m0/s1. The van der Waals surface area contributed by atoms with Crippen molar-refractivity contribution in [2.24, 2.45) is 0 Å². The van der Waals surface area contributed by atoms with Crippen molar-refractivity contribution in [2.45, 2.75) is 26.9 Å². The minimum Gasteiger partial charge on any atom is -0.493 e. The molecule has 32 heavy (non-hydrogen) atoms. The van der Waals surface area contributed by atoms with Crippen LogP contribution in [0.2, 0.25) is 0 Å². The molecule has 2 amide bonds. The summed E-state index contributed by atoms with van der Waals surface area (Å²) in [7, 11) is 1.41. The van der Waals surface area contributed by atoms with Crippen molar-refractivity contribution in [1.82, 2.24) is 5.32 Å². The number of aryl methyl sites for hydroxylation is 2. The molecule has 2 N–H and O–H groups in total. The first-order valence-corrected chi connectivity index (χ1v) is 10.1. The van der Waals surface area contributed by atoms with Gasteiger partial charge in [0.2, 0.25) is 0 Å². The van der Waals surface area contributed by atoms with Crippen LogP contribution >= 0.6 is 12.2 Å². The van der Waals surface area contributed by atoms with Crippen LogP contribution in [0.15, 0.2) is 42.0 Å². The number of amides is 2. The van der Waals surface area contributed by atoms with Crippen LogP contribution in [0.25, 0.3) is 6.08 Å². The lowest BCUT2D eigenvalue weighted by Gasteiger charge is -2.29. The molecule has 0 aromatic heterocycles. The van der Waals surface area contributed by atoms with Crippen LogP contribution in [0.3, 0.4) is 0 Å². The van der Waals surface area contributed by atoms with E-state index in [1.54, 1.807) is 24.3 Å². The van der Waals surface area contributed by atoms with Gasteiger partial charge in [-0.3, -0.25) is 19.8 Å². The van der Waals surface area contributed by atoms with Crippen LogP contribution in [-0.4, -0.2) is 41.2 Å². The fourth-order valence-corrected chi connectivity index (χ4v) is 3.35. The highest BCUT2D eigenvalue weighted by atomic mass is 32.1. The number of carbonyl (C=O) groups is 3. The summed E-state index contributed by atoms with van der Waals surface area (Å²) in [6, 6.07) is 10.2. The third-order valence-corrected chi connectivity index (χ3v) is 5.31. The predicted molar refractivity (Wildman–Crippen MR) is 123 cm³/mol. The number of rotatable bonds is 6. The number of hydrogen-bond acceptors (Lipinski definition) is 6. The summed E-state index contributed by atoms with van der Waals surface area (Å²) in [5.74, 6) is -2.09. The molecule has 1 fully saturated rings. The number of benzene rings is 2. The van der Waals surface area contributed by atoms with Gasteiger partial charge >= 0.3 is 5.97 Å². The van der Waals surface area contributed by atoms with Crippen LogP contribution in [0, 0.1) is 13.8 Å². The number of para-hydroxylation sites is 1. The van der Waals surface area contributed by atoms with E-state index in [1.807, 2.05) is 26.0 Å². The summed E-state index contributed by atoms with van der Waals surface area (Å²) in [5.41, 5.74) is 2.67. The topological polar surface area (TPSA) is 105 Å². The Labute approximate surface area is 190 Å². The minimum atomic E-state index is -1.18. The number of carboxylic acids is 1. The quantitative estimate of drug-likeness (QED) is 0.393. The van der Waals surface area contributed by atoms with Gasteiger partial charge in [-0.05, 0) is 68.4 Å². The number of aliphatic carboxylic acids is 1. The lowest BCUT2D eigenvalue weighted by atomic mass is 10.0. The monoisotopic (exact) mass is 454 g/mol. The number of methoxy groups -OCH3 is 1. The Kier molecular flexibility index (Phi) is 6.59. The average Bonchev–Trinajstić information content (AvgIpc) is 2.74. The maximum Gasteiger partial charge on any atom is 0.344 e. The van der Waals surface area contributed by atoms with E-state index >= 15 is 0 Å². The summed E-state index contributed by atoms with van der Waals surface area (Å²) < 4.78 is 10.8. The fourth-order valence-electron chi connectivity index (χ4n) is 3.07. The molecule has 0 spiro atoms. The average molecular weight is 455 g/mol. The lowest BCUT2D eigenvalue weighted by molar-refractivity contribution is -0.144. The molecule has 0 unspecified atom stereocenters. The summed E-state index contributed by atoms with van der Waals surface area (Å²) in [5, 5.41) is 11.7. The van der Waals surface area contributed by atoms with Gasteiger partial charge in [0, 0.05) is 5.56 Å².